The van der Waals surface area contributed by atoms with E-state index in [1.807, 2.05) is 23.5 Å². The van der Waals surface area contributed by atoms with Crippen LogP contribution in [0.25, 0.3) is 0 Å². The monoisotopic (exact) mass is 285 g/mol. The molecule has 1 aromatic heterocycles. The van der Waals surface area contributed by atoms with E-state index in [9.17, 15) is 4.79 Å². The van der Waals surface area contributed by atoms with Crippen LogP contribution in [-0.4, -0.2) is 52.1 Å². The molecular weight excluding hydrogens is 270 g/mol. The van der Waals surface area contributed by atoms with Crippen molar-refractivity contribution in [1.82, 2.24) is 9.97 Å². The Morgan fingerprint density at radius 3 is 3.22 bits per heavy atom. The molecule has 1 aliphatic rings. The second-order valence-electron chi connectivity index (χ2n) is 3.71. The molecule has 0 aromatic carbocycles. The van der Waals surface area contributed by atoms with E-state index in [-0.39, 0.29) is 5.82 Å². The minimum absolute atomic E-state index is 0.0909. The van der Waals surface area contributed by atoms with Crippen molar-refractivity contribution in [2.75, 3.05) is 36.2 Å². The lowest BCUT2D eigenvalue weighted by atomic mass is 10.4. The quantitative estimate of drug-likeness (QED) is 0.841. The van der Waals surface area contributed by atoms with Gasteiger partial charge in [0.1, 0.15) is 5.82 Å². The number of aromatic nitrogens is 2. The molecule has 2 heterocycles. The molecule has 0 aliphatic carbocycles. The first-order valence-electron chi connectivity index (χ1n) is 5.64. The largest absolute Gasteiger partial charge is 0.463 e. The molecule has 1 N–H and O–H groups in total. The van der Waals surface area contributed by atoms with Crippen LogP contribution in [0, 0.1) is 0 Å². The van der Waals surface area contributed by atoms with Crippen molar-refractivity contribution in [3.8, 4) is 0 Å². The molecule has 18 heavy (non-hydrogen) atoms. The molecule has 1 fully saturated rings. The molecule has 1 aromatic rings. The van der Waals surface area contributed by atoms with E-state index in [1.165, 1.54) is 18.6 Å². The Bertz CT molecular complexity index is 411. The number of ether oxygens (including phenoxy) is 1. The lowest BCUT2D eigenvalue weighted by Gasteiger charge is -2.21. The van der Waals surface area contributed by atoms with Crippen LogP contribution >= 0.6 is 23.5 Å². The zero-order chi connectivity index (χ0) is 12.8. The van der Waals surface area contributed by atoms with Gasteiger partial charge in [-0.15, -0.1) is 0 Å². The normalized spacial score (nSPS) is 19.3. The van der Waals surface area contributed by atoms with Crippen LogP contribution in [0.4, 0.5) is 5.82 Å². The Kier molecular flexibility index (Phi) is 5.12. The standard InChI is InChI=1S/C11H15N3O2S2/c1-16-11(15)10-12-3-2-9(14-10)13-6-8-7-17-4-5-18-8/h2-3,8H,4-7H2,1H3,(H,12,13,14). The summed E-state index contributed by atoms with van der Waals surface area (Å²) >= 11 is 3.96. The fraction of sp³-hybridized carbons (Fsp3) is 0.545. The Balaban J connectivity index is 1.90. The Morgan fingerprint density at radius 1 is 1.61 bits per heavy atom. The minimum Gasteiger partial charge on any atom is -0.463 e. The molecule has 2 rings (SSSR count). The van der Waals surface area contributed by atoms with Gasteiger partial charge in [0.2, 0.25) is 5.82 Å². The summed E-state index contributed by atoms with van der Waals surface area (Å²) < 4.78 is 4.59. The molecule has 7 heteroatoms. The number of thioether (sulfide) groups is 2. The molecular formula is C11H15N3O2S2. The maximum atomic E-state index is 11.3. The van der Waals surface area contributed by atoms with E-state index >= 15 is 0 Å². The second-order valence-corrected chi connectivity index (χ2v) is 6.26. The number of anilines is 1. The molecule has 1 aliphatic heterocycles. The van der Waals surface area contributed by atoms with Crippen LogP contribution in [0.5, 0.6) is 0 Å². The van der Waals surface area contributed by atoms with Gasteiger partial charge >= 0.3 is 5.97 Å². The summed E-state index contributed by atoms with van der Waals surface area (Å²) in [4.78, 5) is 19.3. The number of nitrogens with zero attached hydrogens (tertiary/aromatic N) is 2. The highest BCUT2D eigenvalue weighted by atomic mass is 32.2. The first-order valence-corrected chi connectivity index (χ1v) is 7.84. The summed E-state index contributed by atoms with van der Waals surface area (Å²) in [7, 11) is 1.32. The van der Waals surface area contributed by atoms with Crippen LogP contribution in [0.3, 0.4) is 0 Å². The zero-order valence-corrected chi connectivity index (χ0v) is 11.7. The van der Waals surface area contributed by atoms with Gasteiger partial charge < -0.3 is 10.1 Å². The lowest BCUT2D eigenvalue weighted by molar-refractivity contribution is 0.0587. The summed E-state index contributed by atoms with van der Waals surface area (Å²) in [6.45, 7) is 0.856. The van der Waals surface area contributed by atoms with Crippen LogP contribution in [0.15, 0.2) is 12.3 Å². The highest BCUT2D eigenvalue weighted by Crippen LogP contribution is 2.23. The van der Waals surface area contributed by atoms with Crippen molar-refractivity contribution in [1.29, 1.82) is 0 Å². The predicted molar refractivity (Wildman–Crippen MR) is 75.4 cm³/mol. The van der Waals surface area contributed by atoms with Crippen molar-refractivity contribution in [2.24, 2.45) is 0 Å². The van der Waals surface area contributed by atoms with Crippen LogP contribution in [0.2, 0.25) is 0 Å². The fourth-order valence-electron chi connectivity index (χ4n) is 1.52. The van der Waals surface area contributed by atoms with Gasteiger partial charge in [-0.2, -0.15) is 23.5 Å². The van der Waals surface area contributed by atoms with Crippen LogP contribution < -0.4 is 5.32 Å². The first-order chi connectivity index (χ1) is 8.79. The molecule has 0 bridgehead atoms. The van der Waals surface area contributed by atoms with Crippen molar-refractivity contribution in [2.45, 2.75) is 5.25 Å². The number of hydrogen-bond acceptors (Lipinski definition) is 7. The summed E-state index contributed by atoms with van der Waals surface area (Å²) in [5.74, 6) is 3.85. The van der Waals surface area contributed by atoms with Gasteiger partial charge in [0.15, 0.2) is 0 Å². The van der Waals surface area contributed by atoms with Gasteiger partial charge in [-0.25, -0.2) is 14.8 Å². The summed E-state index contributed by atoms with van der Waals surface area (Å²) in [6, 6.07) is 1.76. The van der Waals surface area contributed by atoms with Crippen molar-refractivity contribution in [3.05, 3.63) is 18.1 Å². The minimum atomic E-state index is -0.513. The van der Waals surface area contributed by atoms with E-state index in [1.54, 1.807) is 12.3 Å². The van der Waals surface area contributed by atoms with Crippen LogP contribution in [0.1, 0.15) is 10.6 Å². The number of nitrogens with one attached hydrogen (secondary N) is 1. The molecule has 0 amide bonds. The molecule has 5 nitrogen and oxygen atoms in total. The van der Waals surface area contributed by atoms with E-state index in [0.29, 0.717) is 11.1 Å². The Morgan fingerprint density at radius 2 is 2.50 bits per heavy atom. The lowest BCUT2D eigenvalue weighted by Crippen LogP contribution is -2.23. The summed E-state index contributed by atoms with van der Waals surface area (Å²) in [5.41, 5.74) is 0. The van der Waals surface area contributed by atoms with Crippen molar-refractivity contribution in [3.63, 3.8) is 0 Å². The fourth-order valence-corrected chi connectivity index (χ4v) is 4.13. The maximum absolute atomic E-state index is 11.3. The van der Waals surface area contributed by atoms with Gasteiger partial charge in [0.25, 0.3) is 0 Å². The van der Waals surface area contributed by atoms with E-state index in [0.717, 1.165) is 12.3 Å². The Labute approximate surface area is 114 Å². The highest BCUT2D eigenvalue weighted by molar-refractivity contribution is 8.06. The summed E-state index contributed by atoms with van der Waals surface area (Å²) in [6.07, 6.45) is 1.56. The predicted octanol–water partition coefficient (Wildman–Crippen LogP) is 1.52. The van der Waals surface area contributed by atoms with Gasteiger partial charge in [-0.05, 0) is 6.07 Å². The molecule has 0 radical (unpaired) electrons. The third-order valence-corrected chi connectivity index (χ3v) is 5.26. The highest BCUT2D eigenvalue weighted by Gasteiger charge is 2.15. The smallest absolute Gasteiger partial charge is 0.376 e. The van der Waals surface area contributed by atoms with E-state index in [4.69, 9.17) is 0 Å². The SMILES string of the molecule is COC(=O)c1nccc(NCC2CSCCS2)n1. The number of methoxy groups -OCH3 is 1. The van der Waals surface area contributed by atoms with Crippen molar-refractivity contribution < 1.29 is 9.53 Å². The molecule has 0 saturated carbocycles. The number of rotatable bonds is 4. The van der Waals surface area contributed by atoms with Crippen LogP contribution in [-0.2, 0) is 4.74 Å². The topological polar surface area (TPSA) is 64.1 Å². The molecule has 0 spiro atoms. The average Bonchev–Trinajstić information content (AvgIpc) is 2.45. The second kappa shape index (κ2) is 6.84. The Hall–Kier alpha value is -0.950. The van der Waals surface area contributed by atoms with Gasteiger partial charge in [-0.1, -0.05) is 0 Å². The summed E-state index contributed by atoms with van der Waals surface area (Å²) in [5, 5.41) is 3.84. The molecule has 1 atom stereocenters. The maximum Gasteiger partial charge on any atom is 0.376 e. The first kappa shape index (κ1) is 13.5. The number of carbonyl (C=O) groups excluding carboxylic acids is 1. The van der Waals surface area contributed by atoms with Gasteiger partial charge in [0, 0.05) is 35.3 Å². The number of hydrogen-bond donors (Lipinski definition) is 1. The molecule has 98 valence electrons. The van der Waals surface area contributed by atoms with E-state index < -0.39 is 5.97 Å². The average molecular weight is 285 g/mol. The number of esters is 1. The van der Waals surface area contributed by atoms with Gasteiger partial charge in [-0.3, -0.25) is 0 Å². The third kappa shape index (κ3) is 3.78. The van der Waals surface area contributed by atoms with Gasteiger partial charge in [0.05, 0.1) is 7.11 Å². The van der Waals surface area contributed by atoms with Crippen molar-refractivity contribution >= 4 is 35.3 Å². The third-order valence-electron chi connectivity index (χ3n) is 2.42. The number of carbonyl (C=O) groups is 1. The molecule has 1 saturated heterocycles. The zero-order valence-electron chi connectivity index (χ0n) is 10.1. The molecule has 1 unspecified atom stereocenters. The van der Waals surface area contributed by atoms with E-state index in [2.05, 4.69) is 20.0 Å².